The molecule has 1 aliphatic heterocycles. The Hall–Kier alpha value is -2.66. The van der Waals surface area contributed by atoms with Crippen LogP contribution in [0.2, 0.25) is 0 Å². The number of H-pyrrole nitrogens is 1. The first-order chi connectivity index (χ1) is 14.5. The average Bonchev–Trinajstić information content (AvgIpc) is 3.13. The molecule has 4 rings (SSSR count). The van der Waals surface area contributed by atoms with Crippen LogP contribution in [0, 0.1) is 6.92 Å². The van der Waals surface area contributed by atoms with E-state index in [0.717, 1.165) is 30.6 Å². The predicted octanol–water partition coefficient (Wildman–Crippen LogP) is 4.98. The number of hydrogen-bond donors (Lipinski definition) is 3. The van der Waals surface area contributed by atoms with Crippen LogP contribution in [0.3, 0.4) is 0 Å². The molecule has 0 spiro atoms. The van der Waals surface area contributed by atoms with Crippen molar-refractivity contribution in [2.75, 3.05) is 6.54 Å². The number of fused-ring (bicyclic) bond motifs is 1. The van der Waals surface area contributed by atoms with Crippen molar-refractivity contribution >= 4 is 16.8 Å². The number of rotatable bonds is 5. The lowest BCUT2D eigenvalue weighted by Gasteiger charge is -2.33. The zero-order chi connectivity index (χ0) is 21.3. The molecule has 3 aromatic rings. The number of benzene rings is 1. The van der Waals surface area contributed by atoms with Crippen LogP contribution < -0.4 is 10.6 Å². The second-order valence-electron chi connectivity index (χ2n) is 8.66. The van der Waals surface area contributed by atoms with E-state index in [-0.39, 0.29) is 18.0 Å². The van der Waals surface area contributed by atoms with Crippen LogP contribution in [-0.4, -0.2) is 28.5 Å². The number of hydrogen-bond acceptors (Lipinski definition) is 3. The van der Waals surface area contributed by atoms with Gasteiger partial charge < -0.3 is 15.6 Å². The summed E-state index contributed by atoms with van der Waals surface area (Å²) >= 11 is 0. The van der Waals surface area contributed by atoms with E-state index in [1.165, 1.54) is 27.8 Å². The summed E-state index contributed by atoms with van der Waals surface area (Å²) in [6, 6.07) is 11.2. The molecule has 0 saturated carbocycles. The highest BCUT2D eigenvalue weighted by atomic mass is 16.1. The average molecular weight is 405 g/mol. The highest BCUT2D eigenvalue weighted by Gasteiger charge is 2.28. The van der Waals surface area contributed by atoms with Crippen molar-refractivity contribution in [3.63, 3.8) is 0 Å². The van der Waals surface area contributed by atoms with Gasteiger partial charge in [-0.3, -0.25) is 9.78 Å². The first kappa shape index (κ1) is 20.6. The highest BCUT2D eigenvalue weighted by Crippen LogP contribution is 2.37. The van der Waals surface area contributed by atoms with Crippen molar-refractivity contribution < 1.29 is 4.79 Å². The molecule has 5 heteroatoms. The maximum absolute atomic E-state index is 12.1. The summed E-state index contributed by atoms with van der Waals surface area (Å²) in [7, 11) is 0. The summed E-state index contributed by atoms with van der Waals surface area (Å²) in [5.41, 5.74) is 7.09. The van der Waals surface area contributed by atoms with Crippen LogP contribution in [0.5, 0.6) is 0 Å². The van der Waals surface area contributed by atoms with Crippen molar-refractivity contribution in [2.24, 2.45) is 0 Å². The molecule has 0 aliphatic carbocycles. The smallest absolute Gasteiger partial charge is 0.219 e. The third-order valence-corrected chi connectivity index (χ3v) is 6.11. The molecular weight excluding hydrogens is 372 g/mol. The topological polar surface area (TPSA) is 69.8 Å². The van der Waals surface area contributed by atoms with Crippen molar-refractivity contribution in [1.82, 2.24) is 20.6 Å². The number of carbonyl (C=O) groups excluding carboxylic acids is 1. The minimum absolute atomic E-state index is 0.120. The molecule has 1 aliphatic rings. The largest absolute Gasteiger partial charge is 0.354 e. The van der Waals surface area contributed by atoms with Gasteiger partial charge in [-0.1, -0.05) is 26.8 Å². The fraction of sp³-hybridized carbons (Fsp3) is 0.440. The molecule has 0 radical (unpaired) electrons. The van der Waals surface area contributed by atoms with Gasteiger partial charge in [-0.05, 0) is 67.6 Å². The van der Waals surface area contributed by atoms with E-state index in [0.29, 0.717) is 12.3 Å². The van der Waals surface area contributed by atoms with E-state index in [2.05, 4.69) is 64.8 Å². The number of aromatic nitrogens is 2. The lowest BCUT2D eigenvalue weighted by atomic mass is 9.89. The summed E-state index contributed by atoms with van der Waals surface area (Å²) in [5, 5.41) is 8.13. The Morgan fingerprint density at radius 3 is 2.83 bits per heavy atom. The first-order valence-electron chi connectivity index (χ1n) is 11.1. The Kier molecular flexibility index (Phi) is 5.91. The Balaban J connectivity index is 1.78. The zero-order valence-electron chi connectivity index (χ0n) is 18.4. The van der Waals surface area contributed by atoms with Gasteiger partial charge in [0.05, 0.1) is 11.7 Å². The summed E-state index contributed by atoms with van der Waals surface area (Å²) in [5.74, 6) is 0.502. The van der Waals surface area contributed by atoms with Crippen LogP contribution in [0.4, 0.5) is 0 Å². The van der Waals surface area contributed by atoms with Gasteiger partial charge in [0, 0.05) is 40.8 Å². The Bertz CT molecular complexity index is 1050. The molecular formula is C25H32N4O. The fourth-order valence-electron chi connectivity index (χ4n) is 4.66. The standard InChI is InChI=1S/C25H32N4O/c1-5-22(30)28-21-7-6-11-27-24(21)17-8-9-20-19(14-17)23(15(2)3)25(29-20)18-10-12-26-16(4)13-18/h8-10,12-15,21,24,27,29H,5-7,11H2,1-4H3,(H,28,30)/t21-,24?/m1/s1. The third kappa shape index (κ3) is 3.99. The van der Waals surface area contributed by atoms with Crippen LogP contribution in [0.15, 0.2) is 36.5 Å². The van der Waals surface area contributed by atoms with Crippen molar-refractivity contribution in [3.8, 4) is 11.3 Å². The number of aromatic amines is 1. The number of carbonyl (C=O) groups is 1. The zero-order valence-corrected chi connectivity index (χ0v) is 18.4. The second kappa shape index (κ2) is 8.60. The summed E-state index contributed by atoms with van der Waals surface area (Å²) in [4.78, 5) is 20.1. The van der Waals surface area contributed by atoms with Crippen molar-refractivity contribution in [2.45, 2.75) is 65.0 Å². The van der Waals surface area contributed by atoms with Crippen LogP contribution >= 0.6 is 0 Å². The van der Waals surface area contributed by atoms with E-state index in [9.17, 15) is 4.79 Å². The number of amides is 1. The monoisotopic (exact) mass is 404 g/mol. The summed E-state index contributed by atoms with van der Waals surface area (Å²) in [6.07, 6.45) is 4.48. The van der Waals surface area contributed by atoms with Crippen molar-refractivity contribution in [1.29, 1.82) is 0 Å². The molecule has 2 atom stereocenters. The van der Waals surface area contributed by atoms with Gasteiger partial charge in [-0.25, -0.2) is 0 Å². The number of pyridine rings is 1. The maximum atomic E-state index is 12.1. The van der Waals surface area contributed by atoms with Gasteiger partial charge >= 0.3 is 0 Å². The van der Waals surface area contributed by atoms with E-state index >= 15 is 0 Å². The Morgan fingerprint density at radius 1 is 1.27 bits per heavy atom. The molecule has 5 nitrogen and oxygen atoms in total. The van der Waals surface area contributed by atoms with Gasteiger partial charge in [0.2, 0.25) is 5.91 Å². The van der Waals surface area contributed by atoms with E-state index in [4.69, 9.17) is 0 Å². The fourth-order valence-corrected chi connectivity index (χ4v) is 4.66. The first-order valence-corrected chi connectivity index (χ1v) is 11.1. The second-order valence-corrected chi connectivity index (χ2v) is 8.66. The molecule has 1 fully saturated rings. The molecule has 30 heavy (non-hydrogen) atoms. The van der Waals surface area contributed by atoms with Crippen LogP contribution in [0.1, 0.15) is 68.8 Å². The lowest BCUT2D eigenvalue weighted by molar-refractivity contribution is -0.121. The van der Waals surface area contributed by atoms with Crippen LogP contribution in [0.25, 0.3) is 22.2 Å². The Labute approximate surface area is 178 Å². The molecule has 2 aromatic heterocycles. The third-order valence-electron chi connectivity index (χ3n) is 6.11. The number of piperidine rings is 1. The number of nitrogens with zero attached hydrogens (tertiary/aromatic N) is 1. The van der Waals surface area contributed by atoms with Gasteiger partial charge in [0.15, 0.2) is 0 Å². The molecule has 1 aromatic carbocycles. The summed E-state index contributed by atoms with van der Waals surface area (Å²) in [6.45, 7) is 9.40. The molecule has 158 valence electrons. The van der Waals surface area contributed by atoms with Crippen LogP contribution in [-0.2, 0) is 4.79 Å². The highest BCUT2D eigenvalue weighted by molar-refractivity contribution is 5.92. The number of nitrogens with one attached hydrogen (secondary N) is 3. The molecule has 1 amide bonds. The molecule has 1 saturated heterocycles. The number of aryl methyl sites for hydroxylation is 1. The normalized spacial score (nSPS) is 19.4. The molecule has 3 heterocycles. The van der Waals surface area contributed by atoms with E-state index in [1.54, 1.807) is 0 Å². The molecule has 3 N–H and O–H groups in total. The predicted molar refractivity (Wildman–Crippen MR) is 123 cm³/mol. The van der Waals surface area contributed by atoms with Gasteiger partial charge in [0.25, 0.3) is 0 Å². The lowest BCUT2D eigenvalue weighted by Crippen LogP contribution is -2.47. The summed E-state index contributed by atoms with van der Waals surface area (Å²) < 4.78 is 0. The molecule has 1 unspecified atom stereocenters. The minimum atomic E-state index is 0.120. The van der Waals surface area contributed by atoms with Crippen molar-refractivity contribution in [3.05, 3.63) is 53.3 Å². The van der Waals surface area contributed by atoms with E-state index < -0.39 is 0 Å². The molecule has 0 bridgehead atoms. The van der Waals surface area contributed by atoms with Gasteiger partial charge in [0.1, 0.15) is 0 Å². The quantitative estimate of drug-likeness (QED) is 0.562. The van der Waals surface area contributed by atoms with Gasteiger partial charge in [-0.15, -0.1) is 0 Å². The Morgan fingerprint density at radius 2 is 2.10 bits per heavy atom. The maximum Gasteiger partial charge on any atom is 0.219 e. The van der Waals surface area contributed by atoms with Gasteiger partial charge in [-0.2, -0.15) is 0 Å². The minimum Gasteiger partial charge on any atom is -0.354 e. The SMILES string of the molecule is CCC(=O)N[C@@H]1CCCNC1c1ccc2[nH]c(-c3ccnc(C)c3)c(C(C)C)c2c1. The van der Waals surface area contributed by atoms with E-state index in [1.807, 2.05) is 20.0 Å².